The number of alkyl halides is 2. The van der Waals surface area contributed by atoms with Crippen LogP contribution in [-0.2, 0) is 16.0 Å². The number of halogens is 2. The zero-order valence-electron chi connectivity index (χ0n) is 24.1. The van der Waals surface area contributed by atoms with E-state index in [2.05, 4.69) is 39.8 Å². The topological polar surface area (TPSA) is 83.1 Å². The van der Waals surface area contributed by atoms with E-state index in [1.165, 1.54) is 5.56 Å². The lowest BCUT2D eigenvalue weighted by Crippen LogP contribution is -2.39. The number of rotatable bonds is 16. The number of hydrogen-bond acceptors (Lipinski definition) is 6. The van der Waals surface area contributed by atoms with Crippen molar-refractivity contribution in [1.82, 2.24) is 15.5 Å². The van der Waals surface area contributed by atoms with E-state index < -0.39 is 17.3 Å². The van der Waals surface area contributed by atoms with Crippen LogP contribution in [0.1, 0.15) is 66.4 Å². The summed E-state index contributed by atoms with van der Waals surface area (Å²) in [5, 5.41) is 6.21. The maximum atomic E-state index is 12.7. The zero-order chi connectivity index (χ0) is 28.6. The maximum Gasteiger partial charge on any atom is 0.410 e. The maximum absolute atomic E-state index is 12.7. The molecule has 0 radical (unpaired) electrons. The fourth-order valence-electron chi connectivity index (χ4n) is 3.58. The number of nitrogens with one attached hydrogen (secondary N) is 2. The molecule has 2 N–H and O–H groups in total. The Morgan fingerprint density at radius 3 is 1.92 bits per heavy atom. The van der Waals surface area contributed by atoms with E-state index in [9.17, 15) is 9.59 Å². The Morgan fingerprint density at radius 2 is 1.37 bits per heavy atom. The molecule has 0 spiro atoms. The van der Waals surface area contributed by atoms with Gasteiger partial charge in [-0.25, -0.2) is 9.59 Å². The van der Waals surface area contributed by atoms with Gasteiger partial charge in [-0.15, -0.1) is 23.2 Å². The van der Waals surface area contributed by atoms with Crippen molar-refractivity contribution in [3.63, 3.8) is 0 Å². The number of amides is 2. The Hall–Kier alpha value is -1.90. The van der Waals surface area contributed by atoms with Crippen LogP contribution in [0.5, 0.6) is 0 Å². The molecule has 10 heteroatoms. The summed E-state index contributed by atoms with van der Waals surface area (Å²) in [4.78, 5) is 28.4. The highest BCUT2D eigenvalue weighted by Crippen LogP contribution is 2.16. The molecular formula is C28H48Cl2N4O4. The first-order valence-electron chi connectivity index (χ1n) is 13.5. The minimum absolute atomic E-state index is 0.313. The third-order valence-corrected chi connectivity index (χ3v) is 5.63. The molecule has 0 saturated heterocycles. The highest BCUT2D eigenvalue weighted by atomic mass is 35.5. The van der Waals surface area contributed by atoms with Crippen LogP contribution < -0.4 is 15.5 Å². The largest absolute Gasteiger partial charge is 0.444 e. The van der Waals surface area contributed by atoms with Gasteiger partial charge in [-0.05, 0) is 85.0 Å². The van der Waals surface area contributed by atoms with E-state index in [0.29, 0.717) is 31.4 Å². The summed E-state index contributed by atoms with van der Waals surface area (Å²) in [5.74, 6) is 1.12. The number of carbonyl (C=O) groups excluding carboxylic acids is 2. The molecule has 218 valence electrons. The van der Waals surface area contributed by atoms with Crippen molar-refractivity contribution in [1.29, 1.82) is 0 Å². The van der Waals surface area contributed by atoms with Crippen LogP contribution in [0.15, 0.2) is 24.3 Å². The normalized spacial score (nSPS) is 11.7. The second-order valence-corrected chi connectivity index (χ2v) is 11.9. The summed E-state index contributed by atoms with van der Waals surface area (Å²) in [6.07, 6.45) is 1.54. The summed E-state index contributed by atoms with van der Waals surface area (Å²) in [7, 11) is 0. The van der Waals surface area contributed by atoms with Gasteiger partial charge in [0.2, 0.25) is 0 Å². The van der Waals surface area contributed by atoms with E-state index in [1.54, 1.807) is 4.90 Å². The SMILES string of the molecule is CC(C)(C)OC(=O)NCCCCN(CCCNCc1ccc(N(CCCl)CCCl)cc1)C(=O)OC(C)(C)C. The molecule has 38 heavy (non-hydrogen) atoms. The van der Waals surface area contributed by atoms with Gasteiger partial charge in [0, 0.05) is 56.7 Å². The molecule has 1 aromatic rings. The van der Waals surface area contributed by atoms with E-state index >= 15 is 0 Å². The number of carbonyl (C=O) groups is 2. The van der Waals surface area contributed by atoms with Crippen LogP contribution in [-0.4, -0.2) is 79.3 Å². The molecule has 0 atom stereocenters. The minimum Gasteiger partial charge on any atom is -0.444 e. The Labute approximate surface area is 239 Å². The molecule has 0 saturated carbocycles. The molecule has 0 heterocycles. The molecule has 0 aliphatic carbocycles. The van der Waals surface area contributed by atoms with E-state index in [1.807, 2.05) is 41.5 Å². The molecular weight excluding hydrogens is 527 g/mol. The first-order valence-corrected chi connectivity index (χ1v) is 14.5. The van der Waals surface area contributed by atoms with Crippen molar-refractivity contribution in [3.05, 3.63) is 29.8 Å². The molecule has 0 fully saturated rings. The quantitative estimate of drug-likeness (QED) is 0.186. The number of benzene rings is 1. The lowest BCUT2D eigenvalue weighted by atomic mass is 10.2. The molecule has 0 aliphatic rings. The number of unbranched alkanes of at least 4 members (excludes halogenated alkanes) is 1. The third-order valence-electron chi connectivity index (χ3n) is 5.30. The van der Waals surface area contributed by atoms with Gasteiger partial charge in [0.05, 0.1) is 0 Å². The molecule has 0 bridgehead atoms. The predicted octanol–water partition coefficient (Wildman–Crippen LogP) is 5.99. The van der Waals surface area contributed by atoms with Crippen LogP contribution in [0.2, 0.25) is 0 Å². The van der Waals surface area contributed by atoms with E-state index in [0.717, 1.165) is 51.1 Å². The highest BCUT2D eigenvalue weighted by molar-refractivity contribution is 6.18. The van der Waals surface area contributed by atoms with Gasteiger partial charge < -0.3 is 29.9 Å². The zero-order valence-corrected chi connectivity index (χ0v) is 25.6. The van der Waals surface area contributed by atoms with Gasteiger partial charge in [-0.1, -0.05) is 12.1 Å². The summed E-state index contributed by atoms with van der Waals surface area (Å²) in [6, 6.07) is 8.41. The van der Waals surface area contributed by atoms with Crippen LogP contribution in [0, 0.1) is 0 Å². The van der Waals surface area contributed by atoms with Gasteiger partial charge in [0.1, 0.15) is 11.2 Å². The molecule has 0 aromatic heterocycles. The second kappa shape index (κ2) is 17.6. The first kappa shape index (κ1) is 34.1. The molecule has 2 amide bonds. The number of hydrogen-bond donors (Lipinski definition) is 2. The lowest BCUT2D eigenvalue weighted by Gasteiger charge is -2.27. The molecule has 1 rings (SSSR count). The van der Waals surface area contributed by atoms with Crippen molar-refractivity contribution >= 4 is 41.1 Å². The third kappa shape index (κ3) is 16.1. The van der Waals surface area contributed by atoms with Crippen molar-refractivity contribution in [3.8, 4) is 0 Å². The van der Waals surface area contributed by atoms with Gasteiger partial charge in [0.15, 0.2) is 0 Å². The van der Waals surface area contributed by atoms with E-state index in [-0.39, 0.29) is 6.09 Å². The smallest absolute Gasteiger partial charge is 0.410 e. The minimum atomic E-state index is -0.554. The Bertz CT molecular complexity index is 805. The number of alkyl carbamates (subject to hydrolysis) is 1. The molecule has 0 unspecified atom stereocenters. The average Bonchev–Trinajstić information content (AvgIpc) is 2.80. The average molecular weight is 576 g/mol. The number of anilines is 1. The van der Waals surface area contributed by atoms with Gasteiger partial charge in [-0.2, -0.15) is 0 Å². The van der Waals surface area contributed by atoms with Crippen LogP contribution in [0.3, 0.4) is 0 Å². The summed E-state index contributed by atoms with van der Waals surface area (Å²) >= 11 is 11.8. The fraction of sp³-hybridized carbons (Fsp3) is 0.714. The van der Waals surface area contributed by atoms with Crippen molar-refractivity contribution < 1.29 is 19.1 Å². The molecule has 0 aliphatic heterocycles. The summed E-state index contributed by atoms with van der Waals surface area (Å²) in [5.41, 5.74) is 1.22. The highest BCUT2D eigenvalue weighted by Gasteiger charge is 2.22. The van der Waals surface area contributed by atoms with Crippen molar-refractivity contribution in [2.45, 2.75) is 78.6 Å². The standard InChI is InChI=1S/C28H48Cl2N4O4/c1-27(2,3)37-25(35)32-17-7-8-18-34(26(36)38-28(4,5)6)19-9-16-31-22-23-10-12-24(13-11-23)33(20-14-29)21-15-30/h10-13,31H,7-9,14-22H2,1-6H3,(H,32,35). The monoisotopic (exact) mass is 574 g/mol. The van der Waals surface area contributed by atoms with Gasteiger partial charge in [0.25, 0.3) is 0 Å². The van der Waals surface area contributed by atoms with Crippen LogP contribution >= 0.6 is 23.2 Å². The Kier molecular flexibility index (Phi) is 15.8. The van der Waals surface area contributed by atoms with Crippen LogP contribution in [0.4, 0.5) is 15.3 Å². The lowest BCUT2D eigenvalue weighted by molar-refractivity contribution is 0.0243. The second-order valence-electron chi connectivity index (χ2n) is 11.2. The van der Waals surface area contributed by atoms with Gasteiger partial charge in [-0.3, -0.25) is 0 Å². The summed E-state index contributed by atoms with van der Waals surface area (Å²) in [6.45, 7) is 15.8. The van der Waals surface area contributed by atoms with Crippen molar-refractivity contribution in [2.75, 3.05) is 55.9 Å². The van der Waals surface area contributed by atoms with Crippen molar-refractivity contribution in [2.24, 2.45) is 0 Å². The molecule has 8 nitrogen and oxygen atoms in total. The van der Waals surface area contributed by atoms with Gasteiger partial charge >= 0.3 is 12.2 Å². The first-order chi connectivity index (χ1) is 17.8. The van der Waals surface area contributed by atoms with E-state index in [4.69, 9.17) is 32.7 Å². The Balaban J connectivity index is 2.46. The Morgan fingerprint density at radius 1 is 0.789 bits per heavy atom. The molecule has 1 aromatic carbocycles. The number of ether oxygens (including phenoxy) is 2. The fourth-order valence-corrected chi connectivity index (χ4v) is 3.99. The predicted molar refractivity (Wildman–Crippen MR) is 158 cm³/mol. The summed E-state index contributed by atoms with van der Waals surface area (Å²) < 4.78 is 10.8. The van der Waals surface area contributed by atoms with Crippen LogP contribution in [0.25, 0.3) is 0 Å². The number of nitrogens with zero attached hydrogens (tertiary/aromatic N) is 2.